The van der Waals surface area contributed by atoms with Crippen molar-refractivity contribution >= 4 is 17.6 Å². The molecule has 29 heavy (non-hydrogen) atoms. The molecule has 1 aliphatic heterocycles. The molecule has 1 unspecified atom stereocenters. The van der Waals surface area contributed by atoms with Crippen LogP contribution in [0, 0.1) is 0 Å². The van der Waals surface area contributed by atoms with E-state index in [1.165, 1.54) is 6.92 Å². The van der Waals surface area contributed by atoms with E-state index in [4.69, 9.17) is 14.2 Å². The lowest BCUT2D eigenvalue weighted by molar-refractivity contribution is -0.123. The average Bonchev–Trinajstić information content (AvgIpc) is 3.39. The van der Waals surface area contributed by atoms with Crippen LogP contribution in [-0.4, -0.2) is 34.6 Å². The van der Waals surface area contributed by atoms with Gasteiger partial charge in [0.2, 0.25) is 6.79 Å². The standard InChI is InChI=1S/C21H19N3O5/c1-14(20(25)23-17-7-8-18-19(11-17)28-13-27-18)29-21(26)16-5-3-15(4-6-16)12-24-10-2-9-22-24/h2-11,14H,12-13H2,1H3,(H,23,25). The summed E-state index contributed by atoms with van der Waals surface area (Å²) in [5.41, 5.74) is 1.90. The number of amides is 1. The van der Waals surface area contributed by atoms with Gasteiger partial charge in [-0.25, -0.2) is 4.79 Å². The molecular formula is C21H19N3O5. The number of nitrogens with zero attached hydrogens (tertiary/aromatic N) is 2. The molecule has 0 bridgehead atoms. The number of hydrogen-bond donors (Lipinski definition) is 1. The average molecular weight is 393 g/mol. The number of carbonyl (C=O) groups is 2. The topological polar surface area (TPSA) is 91.7 Å². The van der Waals surface area contributed by atoms with Crippen LogP contribution in [-0.2, 0) is 16.1 Å². The first-order valence-electron chi connectivity index (χ1n) is 9.06. The third-order valence-electron chi connectivity index (χ3n) is 4.39. The molecule has 1 amide bonds. The maximum absolute atomic E-state index is 12.3. The van der Waals surface area contributed by atoms with Gasteiger partial charge in [-0.05, 0) is 42.8 Å². The molecule has 2 heterocycles. The molecule has 3 aromatic rings. The molecule has 2 aromatic carbocycles. The highest BCUT2D eigenvalue weighted by Gasteiger charge is 2.20. The van der Waals surface area contributed by atoms with E-state index in [9.17, 15) is 9.59 Å². The summed E-state index contributed by atoms with van der Waals surface area (Å²) in [7, 11) is 0. The molecule has 0 aliphatic carbocycles. The molecule has 0 saturated carbocycles. The normalized spacial score (nSPS) is 13.0. The molecule has 1 aromatic heterocycles. The number of hydrogen-bond acceptors (Lipinski definition) is 6. The van der Waals surface area contributed by atoms with Crippen molar-refractivity contribution in [2.45, 2.75) is 19.6 Å². The van der Waals surface area contributed by atoms with Crippen LogP contribution < -0.4 is 14.8 Å². The highest BCUT2D eigenvalue weighted by molar-refractivity contribution is 5.97. The number of fused-ring (bicyclic) bond motifs is 1. The SMILES string of the molecule is CC(OC(=O)c1ccc(Cn2cccn2)cc1)C(=O)Nc1ccc2c(c1)OCO2. The van der Waals surface area contributed by atoms with Crippen molar-refractivity contribution < 1.29 is 23.8 Å². The summed E-state index contributed by atoms with van der Waals surface area (Å²) < 4.78 is 17.6. The van der Waals surface area contributed by atoms with E-state index in [2.05, 4.69) is 10.4 Å². The first-order chi connectivity index (χ1) is 14.1. The van der Waals surface area contributed by atoms with Crippen LogP contribution in [0.1, 0.15) is 22.8 Å². The van der Waals surface area contributed by atoms with Gasteiger partial charge >= 0.3 is 5.97 Å². The third-order valence-corrected chi connectivity index (χ3v) is 4.39. The van der Waals surface area contributed by atoms with Crippen LogP contribution in [0.4, 0.5) is 5.69 Å². The number of carbonyl (C=O) groups excluding carboxylic acids is 2. The number of benzene rings is 2. The fraction of sp³-hybridized carbons (Fsp3) is 0.190. The van der Waals surface area contributed by atoms with Crippen molar-refractivity contribution in [3.8, 4) is 11.5 Å². The minimum absolute atomic E-state index is 0.154. The summed E-state index contributed by atoms with van der Waals surface area (Å²) in [6.07, 6.45) is 2.61. The molecule has 8 heteroatoms. The first kappa shape index (κ1) is 18.5. The number of ether oxygens (including phenoxy) is 3. The Morgan fingerprint density at radius 3 is 2.72 bits per heavy atom. The molecule has 0 radical (unpaired) electrons. The highest BCUT2D eigenvalue weighted by atomic mass is 16.7. The van der Waals surface area contributed by atoms with Gasteiger partial charge in [-0.15, -0.1) is 0 Å². The van der Waals surface area contributed by atoms with E-state index in [1.54, 1.807) is 41.2 Å². The second kappa shape index (κ2) is 8.05. The maximum atomic E-state index is 12.3. The molecule has 148 valence electrons. The molecule has 1 atom stereocenters. The van der Waals surface area contributed by atoms with Gasteiger partial charge in [0.05, 0.1) is 12.1 Å². The predicted molar refractivity (Wildman–Crippen MR) is 104 cm³/mol. The molecule has 1 N–H and O–H groups in total. The fourth-order valence-corrected chi connectivity index (χ4v) is 2.83. The van der Waals surface area contributed by atoms with Crippen LogP contribution in [0.5, 0.6) is 11.5 Å². The van der Waals surface area contributed by atoms with Crippen LogP contribution >= 0.6 is 0 Å². The quantitative estimate of drug-likeness (QED) is 0.648. The van der Waals surface area contributed by atoms with Crippen molar-refractivity contribution in [1.29, 1.82) is 0 Å². The Labute approximate surface area is 167 Å². The van der Waals surface area contributed by atoms with Crippen LogP contribution in [0.2, 0.25) is 0 Å². The number of esters is 1. The van der Waals surface area contributed by atoms with E-state index in [0.29, 0.717) is 29.3 Å². The van der Waals surface area contributed by atoms with Gasteiger partial charge in [-0.1, -0.05) is 12.1 Å². The fourth-order valence-electron chi connectivity index (χ4n) is 2.83. The van der Waals surface area contributed by atoms with Crippen molar-refractivity contribution in [3.05, 3.63) is 72.1 Å². The van der Waals surface area contributed by atoms with Gasteiger partial charge < -0.3 is 19.5 Å². The van der Waals surface area contributed by atoms with E-state index >= 15 is 0 Å². The Morgan fingerprint density at radius 2 is 1.97 bits per heavy atom. The lowest BCUT2D eigenvalue weighted by Crippen LogP contribution is -2.30. The van der Waals surface area contributed by atoms with Gasteiger partial charge in [0.15, 0.2) is 17.6 Å². The smallest absolute Gasteiger partial charge is 0.338 e. The van der Waals surface area contributed by atoms with Crippen molar-refractivity contribution in [2.24, 2.45) is 0 Å². The van der Waals surface area contributed by atoms with E-state index in [1.807, 2.05) is 24.4 Å². The summed E-state index contributed by atoms with van der Waals surface area (Å²) in [4.78, 5) is 24.7. The van der Waals surface area contributed by atoms with E-state index < -0.39 is 18.0 Å². The summed E-state index contributed by atoms with van der Waals surface area (Å²) in [5.74, 6) is 0.178. The monoisotopic (exact) mass is 393 g/mol. The predicted octanol–water partition coefficient (Wildman–Crippen LogP) is 2.84. The van der Waals surface area contributed by atoms with E-state index in [-0.39, 0.29) is 6.79 Å². The lowest BCUT2D eigenvalue weighted by atomic mass is 10.1. The number of anilines is 1. The van der Waals surface area contributed by atoms with Crippen LogP contribution in [0.3, 0.4) is 0 Å². The number of aromatic nitrogens is 2. The maximum Gasteiger partial charge on any atom is 0.338 e. The zero-order valence-electron chi connectivity index (χ0n) is 15.7. The molecule has 4 rings (SSSR count). The summed E-state index contributed by atoms with van der Waals surface area (Å²) in [6, 6.07) is 13.9. The van der Waals surface area contributed by atoms with Gasteiger partial charge in [0, 0.05) is 24.1 Å². The molecule has 0 saturated heterocycles. The van der Waals surface area contributed by atoms with Crippen molar-refractivity contribution in [3.63, 3.8) is 0 Å². The summed E-state index contributed by atoms with van der Waals surface area (Å²) >= 11 is 0. The Morgan fingerprint density at radius 1 is 1.17 bits per heavy atom. The van der Waals surface area contributed by atoms with Crippen LogP contribution in [0.25, 0.3) is 0 Å². The minimum Gasteiger partial charge on any atom is -0.454 e. The van der Waals surface area contributed by atoms with Gasteiger partial charge in [0.25, 0.3) is 5.91 Å². The number of rotatable bonds is 6. The molecule has 8 nitrogen and oxygen atoms in total. The van der Waals surface area contributed by atoms with Crippen molar-refractivity contribution in [1.82, 2.24) is 9.78 Å². The second-order valence-electron chi connectivity index (χ2n) is 6.51. The zero-order valence-corrected chi connectivity index (χ0v) is 15.7. The van der Waals surface area contributed by atoms with Gasteiger partial charge in [-0.2, -0.15) is 5.10 Å². The van der Waals surface area contributed by atoms with Crippen molar-refractivity contribution in [2.75, 3.05) is 12.1 Å². The molecule has 0 fully saturated rings. The second-order valence-corrected chi connectivity index (χ2v) is 6.51. The molecule has 1 aliphatic rings. The zero-order chi connectivity index (χ0) is 20.2. The minimum atomic E-state index is -0.961. The van der Waals surface area contributed by atoms with E-state index in [0.717, 1.165) is 5.56 Å². The highest BCUT2D eigenvalue weighted by Crippen LogP contribution is 2.34. The largest absolute Gasteiger partial charge is 0.454 e. The Balaban J connectivity index is 1.33. The Bertz CT molecular complexity index is 1020. The summed E-state index contributed by atoms with van der Waals surface area (Å²) in [6.45, 7) is 2.28. The van der Waals surface area contributed by atoms with Gasteiger partial charge in [0.1, 0.15) is 0 Å². The van der Waals surface area contributed by atoms with Crippen LogP contribution in [0.15, 0.2) is 60.9 Å². The Hall–Kier alpha value is -3.81. The lowest BCUT2D eigenvalue weighted by Gasteiger charge is -2.14. The third kappa shape index (κ3) is 4.37. The molecule has 0 spiro atoms. The Kier molecular flexibility index (Phi) is 5.15. The van der Waals surface area contributed by atoms with Gasteiger partial charge in [-0.3, -0.25) is 9.48 Å². The number of nitrogens with one attached hydrogen (secondary N) is 1. The molecular weight excluding hydrogens is 374 g/mol. The first-order valence-corrected chi connectivity index (χ1v) is 9.06. The summed E-state index contributed by atoms with van der Waals surface area (Å²) in [5, 5.41) is 6.85.